The van der Waals surface area contributed by atoms with Crippen molar-refractivity contribution in [1.82, 2.24) is 15.5 Å². The molecule has 0 spiro atoms. The molecule has 1 fully saturated rings. The second kappa shape index (κ2) is 5.20. The van der Waals surface area contributed by atoms with E-state index in [1.165, 1.54) is 0 Å². The minimum Gasteiger partial charge on any atom is -0.335 e. The van der Waals surface area contributed by atoms with Crippen LogP contribution < -0.4 is 10.6 Å². The van der Waals surface area contributed by atoms with Crippen molar-refractivity contribution in [3.05, 3.63) is 0 Å². The molecule has 2 amide bonds. The second-order valence-corrected chi connectivity index (χ2v) is 4.22. The minimum atomic E-state index is 0.0102. The summed E-state index contributed by atoms with van der Waals surface area (Å²) in [5.41, 5.74) is 0. The van der Waals surface area contributed by atoms with Gasteiger partial charge in [-0.25, -0.2) is 4.79 Å². The van der Waals surface area contributed by atoms with Gasteiger partial charge in [0.25, 0.3) is 0 Å². The monoisotopic (exact) mass is 199 g/mol. The Balaban J connectivity index is 2.32. The summed E-state index contributed by atoms with van der Waals surface area (Å²) < 4.78 is 0. The molecule has 1 unspecified atom stereocenters. The van der Waals surface area contributed by atoms with Gasteiger partial charge in [0.1, 0.15) is 0 Å². The van der Waals surface area contributed by atoms with Crippen LogP contribution in [0.15, 0.2) is 0 Å². The molecule has 1 aliphatic heterocycles. The topological polar surface area (TPSA) is 44.4 Å². The van der Waals surface area contributed by atoms with Crippen molar-refractivity contribution in [2.45, 2.75) is 25.8 Å². The zero-order valence-electron chi connectivity index (χ0n) is 9.34. The summed E-state index contributed by atoms with van der Waals surface area (Å²) in [6.45, 7) is 4.25. The molecule has 4 heteroatoms. The Morgan fingerprint density at radius 3 is 2.50 bits per heavy atom. The molecule has 14 heavy (non-hydrogen) atoms. The van der Waals surface area contributed by atoms with E-state index in [0.29, 0.717) is 5.92 Å². The van der Waals surface area contributed by atoms with Gasteiger partial charge < -0.3 is 15.5 Å². The summed E-state index contributed by atoms with van der Waals surface area (Å²) in [4.78, 5) is 13.0. The minimum absolute atomic E-state index is 0.0102. The van der Waals surface area contributed by atoms with E-state index in [4.69, 9.17) is 0 Å². The highest BCUT2D eigenvalue weighted by molar-refractivity contribution is 5.73. The molecule has 1 atom stereocenters. The third kappa shape index (κ3) is 3.18. The number of carbonyl (C=O) groups is 1. The van der Waals surface area contributed by atoms with E-state index in [1.54, 1.807) is 19.0 Å². The lowest BCUT2D eigenvalue weighted by Crippen LogP contribution is -2.46. The average molecular weight is 199 g/mol. The van der Waals surface area contributed by atoms with E-state index >= 15 is 0 Å². The number of amides is 2. The number of hydrogen-bond donors (Lipinski definition) is 2. The summed E-state index contributed by atoms with van der Waals surface area (Å²) in [6, 6.07) is 0.294. The van der Waals surface area contributed by atoms with E-state index < -0.39 is 0 Å². The number of carbonyl (C=O) groups excluding carboxylic acids is 1. The standard InChI is InChI=1S/C10H21N3O/c1-8(12-10(14)13(2)3)9-4-6-11-7-5-9/h8-9,11H,4-7H2,1-3H3,(H,12,14). The first kappa shape index (κ1) is 11.3. The molecule has 1 aliphatic rings. The zero-order valence-corrected chi connectivity index (χ0v) is 9.34. The van der Waals surface area contributed by atoms with E-state index in [9.17, 15) is 4.79 Å². The highest BCUT2D eigenvalue weighted by Gasteiger charge is 2.21. The van der Waals surface area contributed by atoms with Crippen LogP contribution in [0.1, 0.15) is 19.8 Å². The fraction of sp³-hybridized carbons (Fsp3) is 0.900. The molecule has 0 saturated carbocycles. The lowest BCUT2D eigenvalue weighted by molar-refractivity contribution is 0.204. The Hall–Kier alpha value is -0.770. The van der Waals surface area contributed by atoms with Crippen LogP contribution in [0.4, 0.5) is 4.79 Å². The van der Waals surface area contributed by atoms with Crippen LogP contribution in [0, 0.1) is 5.92 Å². The zero-order chi connectivity index (χ0) is 10.6. The first-order valence-corrected chi connectivity index (χ1v) is 5.30. The van der Waals surface area contributed by atoms with Gasteiger partial charge in [0.15, 0.2) is 0 Å². The third-order valence-electron chi connectivity index (χ3n) is 2.85. The largest absolute Gasteiger partial charge is 0.335 e. The van der Waals surface area contributed by atoms with E-state index in [2.05, 4.69) is 17.6 Å². The summed E-state index contributed by atoms with van der Waals surface area (Å²) in [7, 11) is 3.54. The molecule has 4 nitrogen and oxygen atoms in total. The molecule has 1 rings (SSSR count). The number of nitrogens with one attached hydrogen (secondary N) is 2. The van der Waals surface area contributed by atoms with Gasteiger partial charge in [0.2, 0.25) is 0 Å². The lowest BCUT2D eigenvalue weighted by atomic mass is 9.91. The molecule has 0 aromatic carbocycles. The lowest BCUT2D eigenvalue weighted by Gasteiger charge is -2.29. The Morgan fingerprint density at radius 1 is 1.43 bits per heavy atom. The second-order valence-electron chi connectivity index (χ2n) is 4.22. The highest BCUT2D eigenvalue weighted by Crippen LogP contribution is 2.15. The maximum Gasteiger partial charge on any atom is 0.317 e. The van der Waals surface area contributed by atoms with Crippen LogP contribution in [0.2, 0.25) is 0 Å². The van der Waals surface area contributed by atoms with Gasteiger partial charge in [-0.3, -0.25) is 0 Å². The first-order chi connectivity index (χ1) is 6.61. The predicted molar refractivity (Wildman–Crippen MR) is 57.3 cm³/mol. The van der Waals surface area contributed by atoms with E-state index in [-0.39, 0.29) is 12.1 Å². The maximum absolute atomic E-state index is 11.4. The molecule has 0 aromatic heterocycles. The van der Waals surface area contributed by atoms with Crippen LogP contribution in [-0.2, 0) is 0 Å². The third-order valence-corrected chi connectivity index (χ3v) is 2.85. The van der Waals surface area contributed by atoms with Gasteiger partial charge in [0.05, 0.1) is 0 Å². The molecule has 2 N–H and O–H groups in total. The smallest absolute Gasteiger partial charge is 0.317 e. The summed E-state index contributed by atoms with van der Waals surface area (Å²) in [6.07, 6.45) is 2.32. The molecular weight excluding hydrogens is 178 g/mol. The number of rotatable bonds is 2. The molecule has 1 heterocycles. The SMILES string of the molecule is CC(NC(=O)N(C)C)C1CCNCC1. The summed E-state index contributed by atoms with van der Waals surface area (Å²) in [5.74, 6) is 0.625. The van der Waals surface area contributed by atoms with Crippen LogP contribution in [0.5, 0.6) is 0 Å². The molecule has 1 saturated heterocycles. The molecule has 0 radical (unpaired) electrons. The molecule has 0 aromatic rings. The number of piperidine rings is 1. The van der Waals surface area contributed by atoms with Crippen molar-refractivity contribution in [2.75, 3.05) is 27.2 Å². The van der Waals surface area contributed by atoms with E-state index in [0.717, 1.165) is 25.9 Å². The summed E-state index contributed by atoms with van der Waals surface area (Å²) >= 11 is 0. The van der Waals surface area contributed by atoms with Gasteiger partial charge in [-0.05, 0) is 38.8 Å². The fourth-order valence-corrected chi connectivity index (χ4v) is 1.79. The Labute approximate surface area is 86.0 Å². The molecule has 0 bridgehead atoms. The fourth-order valence-electron chi connectivity index (χ4n) is 1.79. The van der Waals surface area contributed by atoms with Gasteiger partial charge in [-0.1, -0.05) is 0 Å². The maximum atomic E-state index is 11.4. The van der Waals surface area contributed by atoms with Crippen LogP contribution in [0.25, 0.3) is 0 Å². The number of nitrogens with zero attached hydrogens (tertiary/aromatic N) is 1. The molecule has 0 aliphatic carbocycles. The van der Waals surface area contributed by atoms with Gasteiger partial charge >= 0.3 is 6.03 Å². The quantitative estimate of drug-likeness (QED) is 0.685. The number of urea groups is 1. The molecule has 82 valence electrons. The predicted octanol–water partition coefficient (Wildman–Crippen LogP) is 0.646. The first-order valence-electron chi connectivity index (χ1n) is 5.30. The normalized spacial score (nSPS) is 20.2. The Bertz CT molecular complexity index is 188. The average Bonchev–Trinajstić information content (AvgIpc) is 2.19. The van der Waals surface area contributed by atoms with Gasteiger partial charge in [0, 0.05) is 20.1 Å². The van der Waals surface area contributed by atoms with Gasteiger partial charge in [-0.15, -0.1) is 0 Å². The highest BCUT2D eigenvalue weighted by atomic mass is 16.2. The van der Waals surface area contributed by atoms with Crippen molar-refractivity contribution in [1.29, 1.82) is 0 Å². The van der Waals surface area contributed by atoms with Crippen molar-refractivity contribution < 1.29 is 4.79 Å². The molecular formula is C10H21N3O. The Morgan fingerprint density at radius 2 is 2.00 bits per heavy atom. The van der Waals surface area contributed by atoms with Crippen LogP contribution in [-0.4, -0.2) is 44.2 Å². The summed E-state index contributed by atoms with van der Waals surface area (Å²) in [5, 5.41) is 6.33. The van der Waals surface area contributed by atoms with Crippen LogP contribution in [0.3, 0.4) is 0 Å². The Kier molecular flexibility index (Phi) is 4.20. The van der Waals surface area contributed by atoms with Crippen molar-refractivity contribution in [3.8, 4) is 0 Å². The number of hydrogen-bond acceptors (Lipinski definition) is 2. The van der Waals surface area contributed by atoms with E-state index in [1.807, 2.05) is 0 Å². The van der Waals surface area contributed by atoms with Crippen LogP contribution >= 0.6 is 0 Å². The van der Waals surface area contributed by atoms with Gasteiger partial charge in [-0.2, -0.15) is 0 Å². The van der Waals surface area contributed by atoms with Crippen molar-refractivity contribution >= 4 is 6.03 Å². The van der Waals surface area contributed by atoms with Crippen molar-refractivity contribution in [3.63, 3.8) is 0 Å². The van der Waals surface area contributed by atoms with Crippen molar-refractivity contribution in [2.24, 2.45) is 5.92 Å².